The van der Waals surface area contributed by atoms with Crippen LogP contribution in [0.1, 0.15) is 16.1 Å². The molecule has 0 spiro atoms. The number of nitro groups is 1. The number of benzene rings is 2. The van der Waals surface area contributed by atoms with E-state index in [2.05, 4.69) is 22.4 Å². The highest BCUT2D eigenvalue weighted by atomic mass is 32.1. The zero-order valence-corrected chi connectivity index (χ0v) is 15.6. The van der Waals surface area contributed by atoms with Gasteiger partial charge in [-0.25, -0.2) is 4.98 Å². The van der Waals surface area contributed by atoms with Gasteiger partial charge in [0.15, 0.2) is 0 Å². The van der Waals surface area contributed by atoms with Crippen molar-refractivity contribution in [1.82, 2.24) is 4.98 Å². The summed E-state index contributed by atoms with van der Waals surface area (Å²) in [5.41, 5.74) is 4.83. The second-order valence-electron chi connectivity index (χ2n) is 5.98. The molecule has 0 radical (unpaired) electrons. The molecule has 134 valence electrons. The Morgan fingerprint density at radius 1 is 1.30 bits per heavy atom. The van der Waals surface area contributed by atoms with Gasteiger partial charge in [-0.2, -0.15) is 5.26 Å². The molecule has 0 saturated heterocycles. The van der Waals surface area contributed by atoms with Gasteiger partial charge in [0, 0.05) is 35.0 Å². The average Bonchev–Trinajstić information content (AvgIpc) is 3.14. The molecular formula is C20H16N4O2S. The molecule has 6 nitrogen and oxygen atoms in total. The zero-order chi connectivity index (χ0) is 19.4. The van der Waals surface area contributed by atoms with E-state index < -0.39 is 4.92 Å². The molecule has 0 bridgehead atoms. The monoisotopic (exact) mass is 376 g/mol. The fourth-order valence-corrected chi connectivity index (χ4v) is 3.37. The van der Waals surface area contributed by atoms with Crippen LogP contribution in [0, 0.1) is 35.3 Å². The Morgan fingerprint density at radius 2 is 2.11 bits per heavy atom. The van der Waals surface area contributed by atoms with Gasteiger partial charge in [0.1, 0.15) is 16.6 Å². The predicted molar refractivity (Wildman–Crippen MR) is 107 cm³/mol. The highest BCUT2D eigenvalue weighted by molar-refractivity contribution is 7.11. The first kappa shape index (κ1) is 18.3. The Labute approximate surface area is 160 Å². The van der Waals surface area contributed by atoms with Gasteiger partial charge in [0.25, 0.3) is 5.69 Å². The molecule has 0 fully saturated rings. The standard InChI is InChI=1S/C20H16N4O2S/c1-13-6-7-18(14(2)8-13)22-11-16(10-21)20-23-19(12-27-20)15-4-3-5-17(9-15)24(25)26/h3-9,11-12,22H,1-2H3/b16-11+. The highest BCUT2D eigenvalue weighted by Gasteiger charge is 2.12. The fourth-order valence-electron chi connectivity index (χ4n) is 2.58. The molecule has 7 heteroatoms. The maximum atomic E-state index is 10.9. The van der Waals surface area contributed by atoms with Gasteiger partial charge in [0.05, 0.1) is 10.6 Å². The first-order valence-corrected chi connectivity index (χ1v) is 9.00. The number of allylic oxidation sites excluding steroid dienone is 1. The van der Waals surface area contributed by atoms with E-state index in [4.69, 9.17) is 0 Å². The van der Waals surface area contributed by atoms with Crippen LogP contribution in [0.15, 0.2) is 54.0 Å². The minimum absolute atomic E-state index is 0.00890. The van der Waals surface area contributed by atoms with Gasteiger partial charge in [-0.05, 0) is 25.5 Å². The molecule has 0 aliphatic rings. The van der Waals surface area contributed by atoms with Gasteiger partial charge in [-0.3, -0.25) is 10.1 Å². The van der Waals surface area contributed by atoms with Gasteiger partial charge < -0.3 is 5.32 Å². The van der Waals surface area contributed by atoms with Crippen LogP contribution in [0.25, 0.3) is 16.8 Å². The Kier molecular flexibility index (Phi) is 5.29. The lowest BCUT2D eigenvalue weighted by atomic mass is 10.1. The van der Waals surface area contributed by atoms with E-state index in [0.29, 0.717) is 21.8 Å². The van der Waals surface area contributed by atoms with Crippen molar-refractivity contribution in [3.8, 4) is 17.3 Å². The largest absolute Gasteiger partial charge is 0.360 e. The van der Waals surface area contributed by atoms with Gasteiger partial charge in [0.2, 0.25) is 0 Å². The molecule has 1 aromatic heterocycles. The van der Waals surface area contributed by atoms with E-state index in [1.807, 2.05) is 26.0 Å². The lowest BCUT2D eigenvalue weighted by Crippen LogP contribution is -1.94. The summed E-state index contributed by atoms with van der Waals surface area (Å²) in [6.45, 7) is 4.03. The van der Waals surface area contributed by atoms with E-state index in [9.17, 15) is 15.4 Å². The summed E-state index contributed by atoms with van der Waals surface area (Å²) < 4.78 is 0. The van der Waals surface area contributed by atoms with Crippen molar-refractivity contribution in [1.29, 1.82) is 5.26 Å². The molecule has 27 heavy (non-hydrogen) atoms. The van der Waals surface area contributed by atoms with Gasteiger partial charge in [-0.15, -0.1) is 11.3 Å². The third kappa shape index (κ3) is 4.19. The van der Waals surface area contributed by atoms with Crippen molar-refractivity contribution < 1.29 is 4.92 Å². The number of nitrogens with one attached hydrogen (secondary N) is 1. The lowest BCUT2D eigenvalue weighted by molar-refractivity contribution is -0.384. The molecule has 1 N–H and O–H groups in total. The van der Waals surface area contributed by atoms with Crippen LogP contribution in [0.5, 0.6) is 0 Å². The minimum Gasteiger partial charge on any atom is -0.360 e. The van der Waals surface area contributed by atoms with E-state index in [-0.39, 0.29) is 5.69 Å². The number of hydrogen-bond donors (Lipinski definition) is 1. The maximum absolute atomic E-state index is 10.9. The van der Waals surface area contributed by atoms with Gasteiger partial charge >= 0.3 is 0 Å². The molecule has 3 rings (SSSR count). The van der Waals surface area contributed by atoms with E-state index in [1.165, 1.54) is 29.0 Å². The number of nitriles is 1. The fraction of sp³-hybridized carbons (Fsp3) is 0.100. The normalized spacial score (nSPS) is 11.1. The third-order valence-electron chi connectivity index (χ3n) is 3.96. The second kappa shape index (κ2) is 7.81. The molecule has 0 unspecified atom stereocenters. The summed E-state index contributed by atoms with van der Waals surface area (Å²) in [6.07, 6.45) is 1.63. The summed E-state index contributed by atoms with van der Waals surface area (Å²) in [5, 5.41) is 25.9. The Morgan fingerprint density at radius 3 is 2.81 bits per heavy atom. The molecule has 0 aliphatic carbocycles. The van der Waals surface area contributed by atoms with Crippen molar-refractivity contribution in [3.63, 3.8) is 0 Å². The van der Waals surface area contributed by atoms with Crippen molar-refractivity contribution in [2.24, 2.45) is 0 Å². The topological polar surface area (TPSA) is 91.8 Å². The van der Waals surface area contributed by atoms with Crippen molar-refractivity contribution >= 4 is 28.3 Å². The van der Waals surface area contributed by atoms with Crippen LogP contribution in [0.4, 0.5) is 11.4 Å². The molecule has 1 heterocycles. The van der Waals surface area contributed by atoms with Crippen LogP contribution >= 0.6 is 11.3 Å². The van der Waals surface area contributed by atoms with E-state index >= 15 is 0 Å². The summed E-state index contributed by atoms with van der Waals surface area (Å²) >= 11 is 1.32. The Balaban J connectivity index is 1.86. The number of nitrogens with zero attached hydrogens (tertiary/aromatic N) is 3. The summed E-state index contributed by atoms with van der Waals surface area (Å²) in [6, 6.07) is 14.5. The molecule has 0 atom stereocenters. The SMILES string of the molecule is Cc1ccc(N/C=C(\C#N)c2nc(-c3cccc([N+](=O)[O-])c3)cs2)c(C)c1. The number of thiazole rings is 1. The predicted octanol–water partition coefficient (Wildman–Crippen LogP) is 5.31. The molecule has 3 aromatic rings. The molecule has 2 aromatic carbocycles. The summed E-state index contributed by atoms with van der Waals surface area (Å²) in [4.78, 5) is 15.0. The number of aromatic nitrogens is 1. The minimum atomic E-state index is -0.439. The number of aryl methyl sites for hydroxylation is 2. The summed E-state index contributed by atoms with van der Waals surface area (Å²) in [5.74, 6) is 0. The van der Waals surface area contributed by atoms with Crippen LogP contribution in [-0.4, -0.2) is 9.91 Å². The number of non-ortho nitro benzene ring substituents is 1. The van der Waals surface area contributed by atoms with E-state index in [1.54, 1.807) is 23.7 Å². The van der Waals surface area contributed by atoms with Crippen LogP contribution in [0.2, 0.25) is 0 Å². The lowest BCUT2D eigenvalue weighted by Gasteiger charge is -2.06. The molecule has 0 amide bonds. The van der Waals surface area contributed by atoms with E-state index in [0.717, 1.165) is 11.3 Å². The van der Waals surface area contributed by atoms with Crippen molar-refractivity contribution in [2.45, 2.75) is 13.8 Å². The average molecular weight is 376 g/mol. The smallest absolute Gasteiger partial charge is 0.270 e. The van der Waals surface area contributed by atoms with Crippen molar-refractivity contribution in [3.05, 3.63) is 80.3 Å². The third-order valence-corrected chi connectivity index (χ3v) is 4.84. The number of hydrogen-bond acceptors (Lipinski definition) is 6. The van der Waals surface area contributed by atoms with Crippen LogP contribution < -0.4 is 5.32 Å². The molecular weight excluding hydrogens is 360 g/mol. The maximum Gasteiger partial charge on any atom is 0.270 e. The Bertz CT molecular complexity index is 1080. The Hall–Kier alpha value is -3.50. The van der Waals surface area contributed by atoms with Crippen molar-refractivity contribution in [2.75, 3.05) is 5.32 Å². The number of nitro benzene ring substituents is 1. The zero-order valence-electron chi connectivity index (χ0n) is 14.8. The summed E-state index contributed by atoms with van der Waals surface area (Å²) in [7, 11) is 0. The van der Waals surface area contributed by atoms with Gasteiger partial charge in [-0.1, -0.05) is 29.8 Å². The second-order valence-corrected chi connectivity index (χ2v) is 6.84. The highest BCUT2D eigenvalue weighted by Crippen LogP contribution is 2.28. The molecule has 0 aliphatic heterocycles. The first-order chi connectivity index (χ1) is 13.0. The number of anilines is 1. The first-order valence-electron chi connectivity index (χ1n) is 8.12. The molecule has 0 saturated carbocycles. The van der Waals surface area contributed by atoms with Crippen LogP contribution in [0.3, 0.4) is 0 Å². The van der Waals surface area contributed by atoms with Crippen LogP contribution in [-0.2, 0) is 0 Å². The quantitative estimate of drug-likeness (QED) is 0.370. The number of rotatable bonds is 5.